The van der Waals surface area contributed by atoms with Crippen LogP contribution in [0.15, 0.2) is 47.4 Å². The zero-order valence-corrected chi connectivity index (χ0v) is 17.5. The van der Waals surface area contributed by atoms with Gasteiger partial charge in [0.25, 0.3) is 5.91 Å². The molecule has 0 spiro atoms. The Bertz CT molecular complexity index is 1020. The van der Waals surface area contributed by atoms with E-state index >= 15 is 0 Å². The second-order valence-corrected chi connectivity index (χ2v) is 8.44. The van der Waals surface area contributed by atoms with Crippen LogP contribution in [-0.2, 0) is 14.8 Å². The van der Waals surface area contributed by atoms with Crippen LogP contribution >= 0.6 is 0 Å². The molecule has 4 N–H and O–H groups in total. The van der Waals surface area contributed by atoms with Crippen LogP contribution in [-0.4, -0.2) is 33.4 Å². The van der Waals surface area contributed by atoms with Gasteiger partial charge in [-0.05, 0) is 42.7 Å². The van der Waals surface area contributed by atoms with Crippen molar-refractivity contribution < 1.29 is 22.7 Å². The molecule has 0 aliphatic rings. The summed E-state index contributed by atoms with van der Waals surface area (Å²) in [6.45, 7) is 5.41. The number of carbonyl (C=O) groups excluding carboxylic acids is 2. The Morgan fingerprint density at radius 2 is 1.76 bits per heavy atom. The zero-order valence-electron chi connectivity index (χ0n) is 16.7. The number of nitrogens with two attached hydrogens (primary N) is 1. The summed E-state index contributed by atoms with van der Waals surface area (Å²) in [5.41, 5.74) is 1.49. The topological polar surface area (TPSA) is 128 Å². The summed E-state index contributed by atoms with van der Waals surface area (Å²) in [5.74, 6) is -0.984. The van der Waals surface area contributed by atoms with Gasteiger partial charge in [0.05, 0.1) is 7.11 Å². The second-order valence-electron chi connectivity index (χ2n) is 6.91. The third-order valence-electron chi connectivity index (χ3n) is 4.36. The lowest BCUT2D eigenvalue weighted by Crippen LogP contribution is -2.47. The van der Waals surface area contributed by atoms with Crippen molar-refractivity contribution in [3.05, 3.63) is 53.6 Å². The molecule has 0 unspecified atom stereocenters. The van der Waals surface area contributed by atoms with Crippen LogP contribution in [0.4, 0.5) is 5.69 Å². The van der Waals surface area contributed by atoms with Crippen LogP contribution < -0.4 is 20.5 Å². The summed E-state index contributed by atoms with van der Waals surface area (Å²) >= 11 is 0. The monoisotopic (exact) mass is 419 g/mol. The Labute approximate surface area is 170 Å². The van der Waals surface area contributed by atoms with Gasteiger partial charge in [0.2, 0.25) is 15.9 Å². The van der Waals surface area contributed by atoms with Crippen molar-refractivity contribution in [3.8, 4) is 5.75 Å². The van der Waals surface area contributed by atoms with Crippen LogP contribution in [0, 0.1) is 12.8 Å². The Balaban J connectivity index is 2.24. The number of nitrogens with one attached hydrogen (secondary N) is 2. The van der Waals surface area contributed by atoms with Crippen molar-refractivity contribution in [2.75, 3.05) is 12.4 Å². The van der Waals surface area contributed by atoms with Gasteiger partial charge in [-0.25, -0.2) is 13.6 Å². The van der Waals surface area contributed by atoms with Gasteiger partial charge in [0, 0.05) is 11.3 Å². The maximum Gasteiger partial charge on any atom is 0.252 e. The SMILES string of the molecule is COc1ccc(NC(=O)[C@@H](NC(=O)c2ccccc2C)C(C)C)cc1S(N)(=O)=O. The van der Waals surface area contributed by atoms with Crippen molar-refractivity contribution >= 4 is 27.5 Å². The van der Waals surface area contributed by atoms with Crippen molar-refractivity contribution in [2.24, 2.45) is 11.1 Å². The molecule has 0 radical (unpaired) electrons. The van der Waals surface area contributed by atoms with Gasteiger partial charge < -0.3 is 15.4 Å². The van der Waals surface area contributed by atoms with E-state index in [9.17, 15) is 18.0 Å². The van der Waals surface area contributed by atoms with E-state index in [2.05, 4.69) is 10.6 Å². The molecule has 0 heterocycles. The normalized spacial score (nSPS) is 12.3. The molecule has 0 aliphatic carbocycles. The van der Waals surface area contributed by atoms with Gasteiger partial charge in [-0.2, -0.15) is 0 Å². The number of carbonyl (C=O) groups is 2. The number of ether oxygens (including phenoxy) is 1. The maximum absolute atomic E-state index is 12.8. The third kappa shape index (κ3) is 5.55. The van der Waals surface area contributed by atoms with Gasteiger partial charge >= 0.3 is 0 Å². The van der Waals surface area contributed by atoms with Crippen molar-refractivity contribution in [1.29, 1.82) is 0 Å². The molecule has 2 aromatic carbocycles. The first-order chi connectivity index (χ1) is 13.5. The van der Waals surface area contributed by atoms with E-state index in [1.54, 1.807) is 26.0 Å². The third-order valence-corrected chi connectivity index (χ3v) is 5.30. The van der Waals surface area contributed by atoms with E-state index in [1.165, 1.54) is 25.3 Å². The van der Waals surface area contributed by atoms with E-state index in [0.717, 1.165) is 5.56 Å². The van der Waals surface area contributed by atoms with Gasteiger partial charge in [-0.15, -0.1) is 0 Å². The largest absolute Gasteiger partial charge is 0.495 e. The molecule has 0 aromatic heterocycles. The first kappa shape index (κ1) is 22.4. The van der Waals surface area contributed by atoms with E-state index < -0.39 is 22.0 Å². The molecular formula is C20H25N3O5S. The highest BCUT2D eigenvalue weighted by molar-refractivity contribution is 7.89. The molecule has 0 saturated carbocycles. The van der Waals surface area contributed by atoms with Crippen LogP contribution in [0.3, 0.4) is 0 Å². The summed E-state index contributed by atoms with van der Waals surface area (Å²) in [6.07, 6.45) is 0. The molecular weight excluding hydrogens is 394 g/mol. The highest BCUT2D eigenvalue weighted by atomic mass is 32.2. The second kappa shape index (κ2) is 9.06. The quantitative estimate of drug-likeness (QED) is 0.633. The molecule has 2 aromatic rings. The lowest BCUT2D eigenvalue weighted by molar-refractivity contribution is -0.118. The van der Waals surface area contributed by atoms with E-state index in [0.29, 0.717) is 5.56 Å². The number of anilines is 1. The number of sulfonamides is 1. The predicted octanol–water partition coefficient (Wildman–Crippen LogP) is 2.04. The lowest BCUT2D eigenvalue weighted by atomic mass is 10.0. The first-order valence-electron chi connectivity index (χ1n) is 8.92. The molecule has 9 heteroatoms. The fraction of sp³-hybridized carbons (Fsp3) is 0.300. The van der Waals surface area contributed by atoms with E-state index in [4.69, 9.17) is 9.88 Å². The molecule has 2 rings (SSSR count). The number of methoxy groups -OCH3 is 1. The Morgan fingerprint density at radius 3 is 2.31 bits per heavy atom. The minimum atomic E-state index is -4.05. The van der Waals surface area contributed by atoms with Gasteiger partial charge in [-0.3, -0.25) is 9.59 Å². The number of hydrogen-bond acceptors (Lipinski definition) is 5. The highest BCUT2D eigenvalue weighted by Crippen LogP contribution is 2.26. The molecule has 1 atom stereocenters. The lowest BCUT2D eigenvalue weighted by Gasteiger charge is -2.22. The minimum Gasteiger partial charge on any atom is -0.495 e. The van der Waals surface area contributed by atoms with E-state index in [1.807, 2.05) is 19.1 Å². The maximum atomic E-state index is 12.8. The molecule has 0 bridgehead atoms. The van der Waals surface area contributed by atoms with Gasteiger partial charge in [0.1, 0.15) is 16.7 Å². The highest BCUT2D eigenvalue weighted by Gasteiger charge is 2.26. The standard InChI is InChI=1S/C20H25N3O5S/c1-12(2)18(23-19(24)15-8-6-5-7-13(15)3)20(25)22-14-9-10-16(28-4)17(11-14)29(21,26)27/h5-12,18H,1-4H3,(H,22,25)(H,23,24)(H2,21,26,27)/t18-/m0/s1. The predicted molar refractivity (Wildman–Crippen MR) is 110 cm³/mol. The number of amides is 2. The minimum absolute atomic E-state index is 0.0683. The molecule has 8 nitrogen and oxygen atoms in total. The summed E-state index contributed by atoms with van der Waals surface area (Å²) in [7, 11) is -2.73. The fourth-order valence-corrected chi connectivity index (χ4v) is 3.50. The van der Waals surface area contributed by atoms with Crippen LogP contribution in [0.2, 0.25) is 0 Å². The summed E-state index contributed by atoms with van der Waals surface area (Å²) in [6, 6.07) is 10.3. The molecule has 156 valence electrons. The Morgan fingerprint density at radius 1 is 1.10 bits per heavy atom. The summed E-state index contributed by atoms with van der Waals surface area (Å²) < 4.78 is 28.5. The average Bonchev–Trinajstić information content (AvgIpc) is 2.65. The summed E-state index contributed by atoms with van der Waals surface area (Å²) in [5, 5.41) is 10.6. The van der Waals surface area contributed by atoms with Gasteiger partial charge in [-0.1, -0.05) is 32.0 Å². The molecule has 0 fully saturated rings. The smallest absolute Gasteiger partial charge is 0.252 e. The van der Waals surface area contributed by atoms with E-state index in [-0.39, 0.29) is 28.2 Å². The van der Waals surface area contributed by atoms with Crippen LogP contribution in [0.1, 0.15) is 29.8 Å². The number of hydrogen-bond donors (Lipinski definition) is 3. The fourth-order valence-electron chi connectivity index (χ4n) is 2.78. The van der Waals surface area contributed by atoms with Crippen molar-refractivity contribution in [3.63, 3.8) is 0 Å². The van der Waals surface area contributed by atoms with Gasteiger partial charge in [0.15, 0.2) is 0 Å². The Kier molecular flexibility index (Phi) is 6.99. The summed E-state index contributed by atoms with van der Waals surface area (Å²) in [4.78, 5) is 25.1. The number of primary sulfonamides is 1. The number of benzene rings is 2. The number of rotatable bonds is 7. The number of aryl methyl sites for hydroxylation is 1. The van der Waals surface area contributed by atoms with Crippen LogP contribution in [0.25, 0.3) is 0 Å². The van der Waals surface area contributed by atoms with Crippen LogP contribution in [0.5, 0.6) is 5.75 Å². The average molecular weight is 420 g/mol. The molecule has 0 aliphatic heterocycles. The Hall–Kier alpha value is -2.91. The molecule has 29 heavy (non-hydrogen) atoms. The van der Waals surface area contributed by atoms with Crippen molar-refractivity contribution in [1.82, 2.24) is 5.32 Å². The first-order valence-corrected chi connectivity index (χ1v) is 10.5. The molecule has 2 amide bonds. The zero-order chi connectivity index (χ0) is 21.8. The molecule has 0 saturated heterocycles. The van der Waals surface area contributed by atoms with Crippen molar-refractivity contribution in [2.45, 2.75) is 31.7 Å².